The average molecular weight is 260 g/mol. The first-order valence-electron chi connectivity index (χ1n) is 5.82. The first kappa shape index (κ1) is 12.8. The van der Waals surface area contributed by atoms with Crippen molar-refractivity contribution < 1.29 is 4.79 Å². The van der Waals surface area contributed by atoms with Gasteiger partial charge in [-0.3, -0.25) is 4.79 Å². The van der Waals surface area contributed by atoms with E-state index in [0.29, 0.717) is 5.56 Å². The molecule has 3 nitrogen and oxygen atoms in total. The van der Waals surface area contributed by atoms with Crippen molar-refractivity contribution in [1.29, 1.82) is 0 Å². The smallest absolute Gasteiger partial charge is 0.249 e. The standard InChI is InChI=1S/C14H16N2OS/c1-10(11-5-3-2-4-6-11)16-8-13-7-12(9-18-13)14(15)17/h2-7,9-10,16H,8H2,1H3,(H2,15,17)/t10-/m1/s1. The zero-order chi connectivity index (χ0) is 13.0. The summed E-state index contributed by atoms with van der Waals surface area (Å²) in [5.74, 6) is -0.367. The molecule has 1 aromatic heterocycles. The molecule has 1 aromatic carbocycles. The van der Waals surface area contributed by atoms with Crippen molar-refractivity contribution in [3.63, 3.8) is 0 Å². The van der Waals surface area contributed by atoms with Crippen LogP contribution in [0.1, 0.15) is 33.8 Å². The lowest BCUT2D eigenvalue weighted by molar-refractivity contribution is 0.100. The average Bonchev–Trinajstić information content (AvgIpc) is 2.86. The second kappa shape index (κ2) is 5.80. The number of carbonyl (C=O) groups is 1. The summed E-state index contributed by atoms with van der Waals surface area (Å²) in [6, 6.07) is 12.4. The van der Waals surface area contributed by atoms with Crippen LogP contribution in [0, 0.1) is 0 Å². The third-order valence-electron chi connectivity index (χ3n) is 2.82. The van der Waals surface area contributed by atoms with E-state index in [1.165, 1.54) is 5.56 Å². The number of hydrogen-bond donors (Lipinski definition) is 2. The quantitative estimate of drug-likeness (QED) is 0.868. The highest BCUT2D eigenvalue weighted by atomic mass is 32.1. The monoisotopic (exact) mass is 260 g/mol. The molecule has 3 N–H and O–H groups in total. The van der Waals surface area contributed by atoms with Crippen molar-refractivity contribution in [3.8, 4) is 0 Å². The fraction of sp³-hybridized carbons (Fsp3) is 0.214. The summed E-state index contributed by atoms with van der Waals surface area (Å²) in [6.45, 7) is 2.87. The Bertz CT molecular complexity index is 522. The van der Waals surface area contributed by atoms with Crippen LogP contribution in [0.15, 0.2) is 41.8 Å². The molecule has 0 saturated carbocycles. The van der Waals surface area contributed by atoms with Gasteiger partial charge in [-0.25, -0.2) is 0 Å². The van der Waals surface area contributed by atoms with Gasteiger partial charge in [0.1, 0.15) is 0 Å². The van der Waals surface area contributed by atoms with Gasteiger partial charge in [-0.05, 0) is 18.6 Å². The SMILES string of the molecule is C[C@@H](NCc1cc(C(N)=O)cs1)c1ccccc1. The number of hydrogen-bond acceptors (Lipinski definition) is 3. The highest BCUT2D eigenvalue weighted by Crippen LogP contribution is 2.17. The summed E-state index contributed by atoms with van der Waals surface area (Å²) in [5, 5.41) is 5.22. The Morgan fingerprint density at radius 3 is 2.72 bits per heavy atom. The van der Waals surface area contributed by atoms with Crippen LogP contribution in [0.2, 0.25) is 0 Å². The van der Waals surface area contributed by atoms with Crippen molar-refractivity contribution in [3.05, 3.63) is 57.8 Å². The molecule has 0 fully saturated rings. The summed E-state index contributed by atoms with van der Waals surface area (Å²) >= 11 is 1.55. The van der Waals surface area contributed by atoms with Crippen LogP contribution in [0.4, 0.5) is 0 Å². The molecular formula is C14H16N2OS. The first-order chi connectivity index (χ1) is 8.66. The van der Waals surface area contributed by atoms with Crippen molar-refractivity contribution >= 4 is 17.2 Å². The number of amides is 1. The molecule has 1 amide bonds. The molecule has 0 aliphatic rings. The van der Waals surface area contributed by atoms with E-state index in [9.17, 15) is 4.79 Å². The Balaban J connectivity index is 1.93. The fourth-order valence-corrected chi connectivity index (χ4v) is 2.54. The van der Waals surface area contributed by atoms with Gasteiger partial charge in [-0.1, -0.05) is 30.3 Å². The first-order valence-corrected chi connectivity index (χ1v) is 6.70. The summed E-state index contributed by atoms with van der Waals surface area (Å²) in [4.78, 5) is 12.1. The molecule has 1 heterocycles. The topological polar surface area (TPSA) is 55.1 Å². The van der Waals surface area contributed by atoms with E-state index in [0.717, 1.165) is 11.4 Å². The van der Waals surface area contributed by atoms with Gasteiger partial charge >= 0.3 is 0 Å². The van der Waals surface area contributed by atoms with Gasteiger partial charge in [-0.15, -0.1) is 11.3 Å². The number of primary amides is 1. The predicted octanol–water partition coefficient (Wildman–Crippen LogP) is 2.70. The highest BCUT2D eigenvalue weighted by Gasteiger charge is 2.07. The van der Waals surface area contributed by atoms with Crippen LogP contribution < -0.4 is 11.1 Å². The highest BCUT2D eigenvalue weighted by molar-refractivity contribution is 7.10. The van der Waals surface area contributed by atoms with Crippen LogP contribution in [-0.4, -0.2) is 5.91 Å². The second-order valence-electron chi connectivity index (χ2n) is 4.18. The van der Waals surface area contributed by atoms with Crippen LogP contribution in [0.25, 0.3) is 0 Å². The minimum atomic E-state index is -0.367. The molecule has 18 heavy (non-hydrogen) atoms. The minimum Gasteiger partial charge on any atom is -0.366 e. The summed E-state index contributed by atoms with van der Waals surface area (Å²) < 4.78 is 0. The number of nitrogens with two attached hydrogens (primary N) is 1. The van der Waals surface area contributed by atoms with E-state index in [1.807, 2.05) is 24.3 Å². The van der Waals surface area contributed by atoms with Gasteiger partial charge < -0.3 is 11.1 Å². The summed E-state index contributed by atoms with van der Waals surface area (Å²) in [5.41, 5.74) is 7.06. The summed E-state index contributed by atoms with van der Waals surface area (Å²) in [7, 11) is 0. The Labute approximate surface area is 111 Å². The molecule has 1 atom stereocenters. The maximum absolute atomic E-state index is 11.0. The molecule has 0 unspecified atom stereocenters. The third-order valence-corrected chi connectivity index (χ3v) is 3.76. The van der Waals surface area contributed by atoms with Crippen LogP contribution >= 0.6 is 11.3 Å². The molecular weight excluding hydrogens is 244 g/mol. The molecule has 0 saturated heterocycles. The van der Waals surface area contributed by atoms with E-state index in [4.69, 9.17) is 5.73 Å². The van der Waals surface area contributed by atoms with Gasteiger partial charge in [0.25, 0.3) is 0 Å². The number of rotatable bonds is 5. The van der Waals surface area contributed by atoms with Gasteiger partial charge in [0, 0.05) is 22.8 Å². The Kier molecular flexibility index (Phi) is 4.12. The lowest BCUT2D eigenvalue weighted by atomic mass is 10.1. The molecule has 4 heteroatoms. The molecule has 2 rings (SSSR count). The van der Waals surface area contributed by atoms with E-state index in [2.05, 4.69) is 24.4 Å². The van der Waals surface area contributed by atoms with Gasteiger partial charge in [0.15, 0.2) is 0 Å². The maximum Gasteiger partial charge on any atom is 0.249 e. The Morgan fingerprint density at radius 1 is 1.39 bits per heavy atom. The van der Waals surface area contributed by atoms with E-state index < -0.39 is 0 Å². The number of thiophene rings is 1. The second-order valence-corrected chi connectivity index (χ2v) is 5.17. The normalized spacial score (nSPS) is 12.3. The lowest BCUT2D eigenvalue weighted by Gasteiger charge is -2.13. The number of nitrogens with one attached hydrogen (secondary N) is 1. The maximum atomic E-state index is 11.0. The van der Waals surface area contributed by atoms with Gasteiger partial charge in [-0.2, -0.15) is 0 Å². The Hall–Kier alpha value is -1.65. The zero-order valence-electron chi connectivity index (χ0n) is 10.2. The lowest BCUT2D eigenvalue weighted by Crippen LogP contribution is -2.17. The van der Waals surface area contributed by atoms with E-state index in [-0.39, 0.29) is 11.9 Å². The molecule has 94 valence electrons. The molecule has 0 aliphatic carbocycles. The molecule has 0 radical (unpaired) electrons. The zero-order valence-corrected chi connectivity index (χ0v) is 11.0. The van der Waals surface area contributed by atoms with Crippen molar-refractivity contribution in [2.24, 2.45) is 5.73 Å². The molecule has 2 aromatic rings. The van der Waals surface area contributed by atoms with E-state index in [1.54, 1.807) is 16.7 Å². The minimum absolute atomic E-state index is 0.283. The van der Waals surface area contributed by atoms with E-state index >= 15 is 0 Å². The summed E-state index contributed by atoms with van der Waals surface area (Å²) in [6.07, 6.45) is 0. The number of benzene rings is 1. The van der Waals surface area contributed by atoms with Crippen LogP contribution in [-0.2, 0) is 6.54 Å². The predicted molar refractivity (Wildman–Crippen MR) is 74.5 cm³/mol. The largest absolute Gasteiger partial charge is 0.366 e. The van der Waals surface area contributed by atoms with Crippen molar-refractivity contribution in [2.75, 3.05) is 0 Å². The molecule has 0 aliphatic heterocycles. The van der Waals surface area contributed by atoms with Crippen LogP contribution in [0.5, 0.6) is 0 Å². The third kappa shape index (κ3) is 3.18. The van der Waals surface area contributed by atoms with Gasteiger partial charge in [0.2, 0.25) is 5.91 Å². The van der Waals surface area contributed by atoms with Crippen LogP contribution in [0.3, 0.4) is 0 Å². The molecule has 0 bridgehead atoms. The number of carbonyl (C=O) groups excluding carboxylic acids is 1. The van der Waals surface area contributed by atoms with Crippen molar-refractivity contribution in [2.45, 2.75) is 19.5 Å². The fourth-order valence-electron chi connectivity index (χ4n) is 1.72. The molecule has 0 spiro atoms. The Morgan fingerprint density at radius 2 is 2.11 bits per heavy atom. The van der Waals surface area contributed by atoms with Gasteiger partial charge in [0.05, 0.1) is 5.56 Å². The van der Waals surface area contributed by atoms with Crippen molar-refractivity contribution in [1.82, 2.24) is 5.32 Å².